The first-order valence-corrected chi connectivity index (χ1v) is 4.86. The molecule has 1 N–H and O–H groups in total. The molecular formula is C9H7ClF3NO2. The van der Waals surface area contributed by atoms with Gasteiger partial charge in [-0.2, -0.15) is 13.2 Å². The maximum absolute atomic E-state index is 12.5. The molecule has 88 valence electrons. The Hall–Kier alpha value is -1.17. The minimum Gasteiger partial charge on any atom is -0.452 e. The number of furan rings is 1. The third kappa shape index (κ3) is 1.77. The van der Waals surface area contributed by atoms with Crippen LogP contribution in [-0.2, 0) is 0 Å². The third-order valence-electron chi connectivity index (χ3n) is 2.51. The Balaban J connectivity index is 2.13. The molecule has 1 saturated carbocycles. The number of carbonyl (C=O) groups excluding carboxylic acids is 1. The zero-order valence-corrected chi connectivity index (χ0v) is 8.65. The fourth-order valence-electron chi connectivity index (χ4n) is 1.34. The highest BCUT2D eigenvalue weighted by Crippen LogP contribution is 2.49. The van der Waals surface area contributed by atoms with Crippen LogP contribution in [0.5, 0.6) is 0 Å². The van der Waals surface area contributed by atoms with Crippen LogP contribution in [0.15, 0.2) is 16.7 Å². The third-order valence-corrected chi connectivity index (χ3v) is 2.80. The summed E-state index contributed by atoms with van der Waals surface area (Å²) in [6.07, 6.45) is -3.49. The van der Waals surface area contributed by atoms with Gasteiger partial charge in [0.05, 0.1) is 11.8 Å². The molecular weight excluding hydrogens is 247 g/mol. The summed E-state index contributed by atoms with van der Waals surface area (Å²) in [4.78, 5) is 11.5. The Morgan fingerprint density at radius 1 is 1.50 bits per heavy atom. The molecule has 0 atom stereocenters. The Labute approximate surface area is 93.6 Å². The van der Waals surface area contributed by atoms with Crippen molar-refractivity contribution in [1.82, 2.24) is 5.32 Å². The zero-order valence-electron chi connectivity index (χ0n) is 7.90. The number of nitrogens with one attached hydrogen (secondary N) is 1. The first kappa shape index (κ1) is 11.3. The highest BCUT2D eigenvalue weighted by molar-refractivity contribution is 6.32. The molecule has 0 radical (unpaired) electrons. The van der Waals surface area contributed by atoms with Crippen molar-refractivity contribution < 1.29 is 22.4 Å². The summed E-state index contributed by atoms with van der Waals surface area (Å²) in [5, 5.41) is 1.73. The Bertz CT molecular complexity index is 423. The second-order valence-corrected chi connectivity index (χ2v) is 3.99. The molecule has 0 aromatic carbocycles. The van der Waals surface area contributed by atoms with E-state index in [1.165, 1.54) is 6.07 Å². The lowest BCUT2D eigenvalue weighted by atomic mass is 10.2. The van der Waals surface area contributed by atoms with Crippen LogP contribution in [0.2, 0.25) is 5.22 Å². The van der Waals surface area contributed by atoms with Gasteiger partial charge < -0.3 is 9.73 Å². The summed E-state index contributed by atoms with van der Waals surface area (Å²) in [7, 11) is 0. The molecule has 0 aliphatic heterocycles. The monoisotopic (exact) mass is 253 g/mol. The van der Waals surface area contributed by atoms with E-state index in [4.69, 9.17) is 11.6 Å². The molecule has 1 aliphatic rings. The van der Waals surface area contributed by atoms with E-state index in [0.717, 1.165) is 6.26 Å². The lowest BCUT2D eigenvalue weighted by Gasteiger charge is -2.20. The molecule has 1 aromatic rings. The number of hydrogen-bond acceptors (Lipinski definition) is 2. The largest absolute Gasteiger partial charge is 0.452 e. The molecule has 16 heavy (non-hydrogen) atoms. The van der Waals surface area contributed by atoms with Gasteiger partial charge >= 0.3 is 6.18 Å². The van der Waals surface area contributed by atoms with E-state index >= 15 is 0 Å². The van der Waals surface area contributed by atoms with Crippen LogP contribution in [0.4, 0.5) is 13.2 Å². The van der Waals surface area contributed by atoms with E-state index in [9.17, 15) is 18.0 Å². The van der Waals surface area contributed by atoms with Gasteiger partial charge in [-0.1, -0.05) is 0 Å². The molecule has 0 bridgehead atoms. The van der Waals surface area contributed by atoms with E-state index in [0.29, 0.717) is 0 Å². The molecule has 1 heterocycles. The van der Waals surface area contributed by atoms with Crippen molar-refractivity contribution in [1.29, 1.82) is 0 Å². The quantitative estimate of drug-likeness (QED) is 0.881. The van der Waals surface area contributed by atoms with Crippen molar-refractivity contribution in [3.05, 3.63) is 23.1 Å². The number of hydrogen-bond donors (Lipinski definition) is 1. The van der Waals surface area contributed by atoms with Crippen LogP contribution >= 0.6 is 11.6 Å². The average Bonchev–Trinajstić information content (AvgIpc) is 2.81. The van der Waals surface area contributed by atoms with E-state index in [-0.39, 0.29) is 23.6 Å². The second-order valence-electron chi connectivity index (χ2n) is 3.64. The Kier molecular flexibility index (Phi) is 2.41. The highest BCUT2D eigenvalue weighted by Gasteiger charge is 2.64. The average molecular weight is 254 g/mol. The molecule has 1 amide bonds. The summed E-state index contributed by atoms with van der Waals surface area (Å²) in [6, 6.07) is 1.23. The van der Waals surface area contributed by atoms with Crippen LogP contribution in [0.25, 0.3) is 0 Å². The van der Waals surface area contributed by atoms with Crippen LogP contribution < -0.4 is 5.32 Å². The van der Waals surface area contributed by atoms with E-state index < -0.39 is 17.6 Å². The first-order valence-electron chi connectivity index (χ1n) is 4.48. The summed E-state index contributed by atoms with van der Waals surface area (Å²) >= 11 is 5.49. The Morgan fingerprint density at radius 2 is 2.12 bits per heavy atom. The van der Waals surface area contributed by atoms with Gasteiger partial charge in [-0.3, -0.25) is 4.79 Å². The minimum atomic E-state index is -4.43. The molecule has 7 heteroatoms. The molecule has 2 rings (SSSR count). The molecule has 1 fully saturated rings. The SMILES string of the molecule is O=C(NC1(C(F)(F)F)CC1)c1ccoc1Cl. The van der Waals surface area contributed by atoms with Crippen molar-refractivity contribution in [3.8, 4) is 0 Å². The van der Waals surface area contributed by atoms with Crippen LogP contribution in [0, 0.1) is 0 Å². The van der Waals surface area contributed by atoms with Gasteiger partial charge in [0.25, 0.3) is 5.91 Å². The molecule has 0 saturated heterocycles. The smallest absolute Gasteiger partial charge is 0.411 e. The van der Waals surface area contributed by atoms with Gasteiger partial charge in [0.1, 0.15) is 5.54 Å². The van der Waals surface area contributed by atoms with Gasteiger partial charge in [-0.25, -0.2) is 0 Å². The van der Waals surface area contributed by atoms with Crippen LogP contribution in [0.3, 0.4) is 0 Å². The normalized spacial score (nSPS) is 18.2. The molecule has 1 aliphatic carbocycles. The van der Waals surface area contributed by atoms with Gasteiger partial charge in [0.15, 0.2) is 0 Å². The minimum absolute atomic E-state index is 0.0859. The predicted octanol–water partition coefficient (Wildman–Crippen LogP) is 2.76. The molecule has 0 spiro atoms. The maximum Gasteiger partial charge on any atom is 0.411 e. The number of alkyl halides is 3. The van der Waals surface area contributed by atoms with Gasteiger partial charge in [0.2, 0.25) is 5.22 Å². The Morgan fingerprint density at radius 3 is 2.50 bits per heavy atom. The fraction of sp³-hybridized carbons (Fsp3) is 0.444. The van der Waals surface area contributed by atoms with E-state index in [2.05, 4.69) is 4.42 Å². The topological polar surface area (TPSA) is 42.2 Å². The van der Waals surface area contributed by atoms with Gasteiger partial charge in [0, 0.05) is 0 Å². The van der Waals surface area contributed by atoms with Crippen molar-refractivity contribution in [3.63, 3.8) is 0 Å². The summed E-state index contributed by atoms with van der Waals surface area (Å²) < 4.78 is 42.2. The summed E-state index contributed by atoms with van der Waals surface area (Å²) in [6.45, 7) is 0. The standard InChI is InChI=1S/C9H7ClF3NO2/c10-6-5(1-4-16-6)7(15)14-8(2-3-8)9(11,12)13/h1,4H,2-3H2,(H,14,15). The van der Waals surface area contributed by atoms with Crippen molar-refractivity contribution >= 4 is 17.5 Å². The second kappa shape index (κ2) is 3.41. The predicted molar refractivity (Wildman–Crippen MR) is 49.2 cm³/mol. The van der Waals surface area contributed by atoms with Crippen molar-refractivity contribution in [2.75, 3.05) is 0 Å². The number of amides is 1. The fourth-order valence-corrected chi connectivity index (χ4v) is 1.54. The van der Waals surface area contributed by atoms with E-state index in [1.807, 2.05) is 5.32 Å². The number of carbonyl (C=O) groups is 1. The van der Waals surface area contributed by atoms with Crippen LogP contribution in [0.1, 0.15) is 23.2 Å². The lowest BCUT2D eigenvalue weighted by Crippen LogP contribution is -2.47. The summed E-state index contributed by atoms with van der Waals surface area (Å²) in [5.74, 6) is -0.867. The van der Waals surface area contributed by atoms with Crippen molar-refractivity contribution in [2.45, 2.75) is 24.6 Å². The van der Waals surface area contributed by atoms with Crippen molar-refractivity contribution in [2.24, 2.45) is 0 Å². The number of rotatable bonds is 2. The highest BCUT2D eigenvalue weighted by atomic mass is 35.5. The first-order chi connectivity index (χ1) is 7.36. The van der Waals surface area contributed by atoms with Gasteiger partial charge in [-0.15, -0.1) is 0 Å². The molecule has 1 aromatic heterocycles. The van der Waals surface area contributed by atoms with Crippen LogP contribution in [-0.4, -0.2) is 17.6 Å². The van der Waals surface area contributed by atoms with Gasteiger partial charge in [-0.05, 0) is 30.5 Å². The van der Waals surface area contributed by atoms with E-state index in [1.54, 1.807) is 0 Å². The summed E-state index contributed by atoms with van der Waals surface area (Å²) in [5.41, 5.74) is -2.16. The molecule has 0 unspecified atom stereocenters. The maximum atomic E-state index is 12.5. The number of halogens is 4. The lowest BCUT2D eigenvalue weighted by molar-refractivity contribution is -0.163. The molecule has 3 nitrogen and oxygen atoms in total. The zero-order chi connectivity index (χ0) is 12.0.